The van der Waals surface area contributed by atoms with E-state index in [1.54, 1.807) is 12.1 Å². The van der Waals surface area contributed by atoms with Gasteiger partial charge in [-0.2, -0.15) is 5.10 Å². The van der Waals surface area contributed by atoms with Crippen LogP contribution in [0.3, 0.4) is 0 Å². The Bertz CT molecular complexity index is 700. The van der Waals surface area contributed by atoms with Crippen LogP contribution >= 0.6 is 0 Å². The Kier molecular flexibility index (Phi) is 5.05. The van der Waals surface area contributed by atoms with E-state index >= 15 is 0 Å². The first-order valence-corrected chi connectivity index (χ1v) is 8.03. The summed E-state index contributed by atoms with van der Waals surface area (Å²) in [6.07, 6.45) is 2.48. The SMILES string of the molecule is CCNCCNS(=O)(=O)c1cnn(-c2ccccc2F)c1. The lowest BCUT2D eigenvalue weighted by Crippen LogP contribution is -2.31. The third kappa shape index (κ3) is 3.87. The highest BCUT2D eigenvalue weighted by Gasteiger charge is 2.17. The second-order valence-corrected chi connectivity index (χ2v) is 6.09. The molecule has 21 heavy (non-hydrogen) atoms. The molecule has 0 saturated carbocycles. The number of hydrogen-bond acceptors (Lipinski definition) is 4. The second-order valence-electron chi connectivity index (χ2n) is 4.32. The van der Waals surface area contributed by atoms with Crippen molar-refractivity contribution < 1.29 is 12.8 Å². The summed E-state index contributed by atoms with van der Waals surface area (Å²) in [6, 6.07) is 6.03. The molecule has 0 radical (unpaired) electrons. The number of rotatable bonds is 7. The number of sulfonamides is 1. The van der Waals surface area contributed by atoms with Gasteiger partial charge in [0.2, 0.25) is 10.0 Å². The Hall–Kier alpha value is -1.77. The van der Waals surface area contributed by atoms with Crippen molar-refractivity contribution in [2.45, 2.75) is 11.8 Å². The molecular weight excluding hydrogens is 295 g/mol. The van der Waals surface area contributed by atoms with Crippen LogP contribution in [0.5, 0.6) is 0 Å². The van der Waals surface area contributed by atoms with Crippen LogP contribution in [0.1, 0.15) is 6.92 Å². The molecule has 1 aromatic heterocycles. The van der Waals surface area contributed by atoms with Gasteiger partial charge in [-0.15, -0.1) is 0 Å². The topological polar surface area (TPSA) is 76.0 Å². The summed E-state index contributed by atoms with van der Waals surface area (Å²) in [6.45, 7) is 3.53. The van der Waals surface area contributed by atoms with Crippen LogP contribution in [0.15, 0.2) is 41.6 Å². The molecule has 0 aliphatic carbocycles. The fourth-order valence-electron chi connectivity index (χ4n) is 1.75. The van der Waals surface area contributed by atoms with Crippen LogP contribution in [-0.2, 0) is 10.0 Å². The Morgan fingerprint density at radius 3 is 2.76 bits per heavy atom. The quantitative estimate of drug-likeness (QED) is 0.745. The lowest BCUT2D eigenvalue weighted by molar-refractivity contribution is 0.577. The Morgan fingerprint density at radius 1 is 1.29 bits per heavy atom. The molecule has 6 nitrogen and oxygen atoms in total. The summed E-state index contributed by atoms with van der Waals surface area (Å²) in [5.41, 5.74) is 0.201. The van der Waals surface area contributed by atoms with E-state index in [4.69, 9.17) is 0 Å². The van der Waals surface area contributed by atoms with Gasteiger partial charge in [0.15, 0.2) is 0 Å². The minimum atomic E-state index is -3.64. The predicted molar refractivity (Wildman–Crippen MR) is 77.3 cm³/mol. The summed E-state index contributed by atoms with van der Waals surface area (Å²) in [5, 5.41) is 6.91. The standard InChI is InChI=1S/C13H17FN4O2S/c1-2-15-7-8-17-21(19,20)11-9-16-18(10-11)13-6-4-3-5-12(13)14/h3-6,9-10,15,17H,2,7-8H2,1H3. The van der Waals surface area contributed by atoms with E-state index in [0.717, 1.165) is 6.54 Å². The Labute approximate surface area is 123 Å². The molecule has 0 aliphatic rings. The highest BCUT2D eigenvalue weighted by molar-refractivity contribution is 7.89. The van der Waals surface area contributed by atoms with Crippen LogP contribution in [0.4, 0.5) is 4.39 Å². The molecule has 8 heteroatoms. The van der Waals surface area contributed by atoms with Crippen molar-refractivity contribution in [2.75, 3.05) is 19.6 Å². The fourth-order valence-corrected chi connectivity index (χ4v) is 2.71. The zero-order valence-corrected chi connectivity index (χ0v) is 12.4. The van der Waals surface area contributed by atoms with E-state index in [1.807, 2.05) is 6.92 Å². The van der Waals surface area contributed by atoms with Gasteiger partial charge in [-0.3, -0.25) is 0 Å². The molecule has 1 aromatic carbocycles. The van der Waals surface area contributed by atoms with Crippen molar-refractivity contribution in [2.24, 2.45) is 0 Å². The monoisotopic (exact) mass is 312 g/mol. The smallest absolute Gasteiger partial charge is 0.243 e. The fraction of sp³-hybridized carbons (Fsp3) is 0.308. The molecule has 0 amide bonds. The number of benzene rings is 1. The number of likely N-dealkylation sites (N-methyl/N-ethyl adjacent to an activating group) is 1. The zero-order valence-electron chi connectivity index (χ0n) is 11.6. The van der Waals surface area contributed by atoms with Crippen LogP contribution in [-0.4, -0.2) is 37.8 Å². The predicted octanol–water partition coefficient (Wildman–Crippen LogP) is 0.899. The summed E-state index contributed by atoms with van der Waals surface area (Å²) < 4.78 is 41.4. The molecule has 0 aliphatic heterocycles. The molecule has 0 bridgehead atoms. The van der Waals surface area contributed by atoms with Crippen molar-refractivity contribution in [3.05, 3.63) is 42.5 Å². The van der Waals surface area contributed by atoms with Crippen LogP contribution in [0.25, 0.3) is 5.69 Å². The van der Waals surface area contributed by atoms with Gasteiger partial charge >= 0.3 is 0 Å². The number of nitrogens with one attached hydrogen (secondary N) is 2. The van der Waals surface area contributed by atoms with Crippen molar-refractivity contribution >= 4 is 10.0 Å². The van der Waals surface area contributed by atoms with E-state index in [0.29, 0.717) is 6.54 Å². The van der Waals surface area contributed by atoms with Gasteiger partial charge in [0, 0.05) is 13.1 Å². The highest BCUT2D eigenvalue weighted by Crippen LogP contribution is 2.14. The van der Waals surface area contributed by atoms with Crippen molar-refractivity contribution in [3.8, 4) is 5.69 Å². The first kappa shape index (κ1) is 15.6. The molecule has 2 aromatic rings. The van der Waals surface area contributed by atoms with Gasteiger partial charge in [-0.05, 0) is 18.7 Å². The van der Waals surface area contributed by atoms with Crippen LogP contribution in [0, 0.1) is 5.82 Å². The molecule has 0 atom stereocenters. The van der Waals surface area contributed by atoms with Gasteiger partial charge in [0.1, 0.15) is 16.4 Å². The van der Waals surface area contributed by atoms with Gasteiger partial charge < -0.3 is 5.32 Å². The maximum Gasteiger partial charge on any atom is 0.243 e. The third-order valence-electron chi connectivity index (χ3n) is 2.81. The van der Waals surface area contributed by atoms with E-state index in [2.05, 4.69) is 15.1 Å². The van der Waals surface area contributed by atoms with Crippen molar-refractivity contribution in [3.63, 3.8) is 0 Å². The normalized spacial score (nSPS) is 11.7. The molecular formula is C13H17FN4O2S. The molecule has 0 unspecified atom stereocenters. The lowest BCUT2D eigenvalue weighted by atomic mass is 10.3. The maximum atomic E-state index is 13.6. The van der Waals surface area contributed by atoms with Gasteiger partial charge in [-0.25, -0.2) is 22.2 Å². The number of nitrogens with zero attached hydrogens (tertiary/aromatic N) is 2. The molecule has 0 spiro atoms. The first-order chi connectivity index (χ1) is 10.0. The molecule has 114 valence electrons. The van der Waals surface area contributed by atoms with Crippen LogP contribution in [0.2, 0.25) is 0 Å². The molecule has 2 N–H and O–H groups in total. The van der Waals surface area contributed by atoms with Gasteiger partial charge in [0.05, 0.1) is 12.4 Å². The maximum absolute atomic E-state index is 13.6. The second kappa shape index (κ2) is 6.79. The average Bonchev–Trinajstić information content (AvgIpc) is 2.95. The van der Waals surface area contributed by atoms with E-state index < -0.39 is 15.8 Å². The summed E-state index contributed by atoms with van der Waals surface area (Å²) in [7, 11) is -3.64. The van der Waals surface area contributed by atoms with E-state index in [1.165, 1.54) is 29.2 Å². The Morgan fingerprint density at radius 2 is 2.05 bits per heavy atom. The minimum Gasteiger partial charge on any atom is -0.316 e. The zero-order chi connectivity index (χ0) is 15.3. The highest BCUT2D eigenvalue weighted by atomic mass is 32.2. The summed E-state index contributed by atoms with van der Waals surface area (Å²) in [4.78, 5) is 0.00208. The average molecular weight is 312 g/mol. The van der Waals surface area contributed by atoms with Crippen LogP contribution < -0.4 is 10.0 Å². The van der Waals surface area contributed by atoms with E-state index in [9.17, 15) is 12.8 Å². The minimum absolute atomic E-state index is 0.00208. The first-order valence-electron chi connectivity index (χ1n) is 6.54. The molecule has 0 saturated heterocycles. The third-order valence-corrected chi connectivity index (χ3v) is 4.23. The molecule has 0 fully saturated rings. The number of para-hydroxylation sites is 1. The Balaban J connectivity index is 2.14. The van der Waals surface area contributed by atoms with Gasteiger partial charge in [0.25, 0.3) is 0 Å². The molecule has 2 rings (SSSR count). The van der Waals surface area contributed by atoms with Crippen molar-refractivity contribution in [1.29, 1.82) is 0 Å². The lowest BCUT2D eigenvalue weighted by Gasteiger charge is -2.05. The van der Waals surface area contributed by atoms with Gasteiger partial charge in [-0.1, -0.05) is 19.1 Å². The summed E-state index contributed by atoms with van der Waals surface area (Å²) >= 11 is 0. The number of halogens is 1. The number of aromatic nitrogens is 2. The largest absolute Gasteiger partial charge is 0.316 e. The number of hydrogen-bond donors (Lipinski definition) is 2. The van der Waals surface area contributed by atoms with E-state index in [-0.39, 0.29) is 17.1 Å². The summed E-state index contributed by atoms with van der Waals surface area (Å²) in [5.74, 6) is -0.468. The molecule has 1 heterocycles. The van der Waals surface area contributed by atoms with Crippen molar-refractivity contribution in [1.82, 2.24) is 19.8 Å².